The molecular formula is C22H21NO3. The van der Waals surface area contributed by atoms with Crippen molar-refractivity contribution in [2.75, 3.05) is 6.61 Å². The molecule has 0 spiro atoms. The van der Waals surface area contributed by atoms with Crippen LogP contribution in [0, 0.1) is 0 Å². The summed E-state index contributed by atoms with van der Waals surface area (Å²) in [4.78, 5) is 12.4. The predicted molar refractivity (Wildman–Crippen MR) is 99.9 cm³/mol. The molecule has 2 aromatic carbocycles. The Hall–Kier alpha value is -3.01. The second kappa shape index (κ2) is 7.48. The Kier molecular flexibility index (Phi) is 4.73. The Balaban J connectivity index is 1.35. The van der Waals surface area contributed by atoms with Crippen LogP contribution in [0.5, 0.6) is 5.75 Å². The molecule has 4 nitrogen and oxygen atoms in total. The van der Waals surface area contributed by atoms with Gasteiger partial charge in [0.25, 0.3) is 0 Å². The van der Waals surface area contributed by atoms with E-state index < -0.39 is 0 Å². The maximum Gasteiger partial charge on any atom is 0.220 e. The average Bonchev–Trinajstić information content (AvgIpc) is 3.17. The molecule has 1 atom stereocenters. The van der Waals surface area contributed by atoms with Crippen LogP contribution in [0.25, 0.3) is 11.3 Å². The van der Waals surface area contributed by atoms with Crippen molar-refractivity contribution >= 4 is 5.91 Å². The highest BCUT2D eigenvalue weighted by atomic mass is 16.5. The van der Waals surface area contributed by atoms with Crippen LogP contribution in [-0.4, -0.2) is 12.5 Å². The van der Waals surface area contributed by atoms with Gasteiger partial charge in [-0.05, 0) is 18.2 Å². The molecule has 0 bridgehead atoms. The fourth-order valence-corrected chi connectivity index (χ4v) is 3.27. The number of hydrogen-bond donors (Lipinski definition) is 1. The molecule has 0 fully saturated rings. The Morgan fingerprint density at radius 2 is 1.81 bits per heavy atom. The van der Waals surface area contributed by atoms with E-state index in [2.05, 4.69) is 5.32 Å². The van der Waals surface area contributed by atoms with Crippen molar-refractivity contribution in [3.05, 3.63) is 78.1 Å². The molecule has 132 valence electrons. The zero-order valence-corrected chi connectivity index (χ0v) is 14.5. The molecule has 3 aromatic rings. The van der Waals surface area contributed by atoms with Gasteiger partial charge in [-0.1, -0.05) is 48.5 Å². The van der Waals surface area contributed by atoms with Crippen molar-refractivity contribution in [3.63, 3.8) is 0 Å². The third kappa shape index (κ3) is 3.64. The van der Waals surface area contributed by atoms with Gasteiger partial charge in [-0.15, -0.1) is 0 Å². The number of carbonyl (C=O) groups excluding carboxylic acids is 1. The van der Waals surface area contributed by atoms with Crippen molar-refractivity contribution < 1.29 is 13.9 Å². The molecule has 2 heterocycles. The number of nitrogens with one attached hydrogen (secondary N) is 1. The summed E-state index contributed by atoms with van der Waals surface area (Å²) in [6.45, 7) is 0.626. The molecule has 1 aliphatic rings. The van der Waals surface area contributed by atoms with E-state index in [-0.39, 0.29) is 11.9 Å². The van der Waals surface area contributed by atoms with Gasteiger partial charge >= 0.3 is 0 Å². The van der Waals surface area contributed by atoms with Gasteiger partial charge in [-0.25, -0.2) is 0 Å². The Bertz CT molecular complexity index is 885. The molecule has 0 saturated carbocycles. The molecule has 1 aliphatic heterocycles. The van der Waals surface area contributed by atoms with Gasteiger partial charge in [-0.3, -0.25) is 4.79 Å². The van der Waals surface area contributed by atoms with E-state index in [0.29, 0.717) is 19.4 Å². The molecular weight excluding hydrogens is 326 g/mol. The van der Waals surface area contributed by atoms with Gasteiger partial charge in [0.05, 0.1) is 12.6 Å². The van der Waals surface area contributed by atoms with Gasteiger partial charge < -0.3 is 14.5 Å². The minimum absolute atomic E-state index is 0.0175. The number of amides is 1. The molecule has 0 unspecified atom stereocenters. The lowest BCUT2D eigenvalue weighted by molar-refractivity contribution is -0.122. The van der Waals surface area contributed by atoms with E-state index in [0.717, 1.165) is 34.8 Å². The van der Waals surface area contributed by atoms with E-state index in [4.69, 9.17) is 9.15 Å². The van der Waals surface area contributed by atoms with E-state index in [9.17, 15) is 4.79 Å². The van der Waals surface area contributed by atoms with Gasteiger partial charge in [0.1, 0.15) is 17.3 Å². The highest BCUT2D eigenvalue weighted by molar-refractivity contribution is 5.76. The Morgan fingerprint density at radius 1 is 1.00 bits per heavy atom. The number of para-hydroxylation sites is 1. The quantitative estimate of drug-likeness (QED) is 0.738. The van der Waals surface area contributed by atoms with Crippen molar-refractivity contribution in [1.29, 1.82) is 0 Å². The zero-order chi connectivity index (χ0) is 17.8. The molecule has 1 amide bonds. The second-order valence-corrected chi connectivity index (χ2v) is 6.43. The molecule has 1 N–H and O–H groups in total. The molecule has 26 heavy (non-hydrogen) atoms. The van der Waals surface area contributed by atoms with E-state index in [1.165, 1.54) is 0 Å². The summed E-state index contributed by atoms with van der Waals surface area (Å²) >= 11 is 0. The largest absolute Gasteiger partial charge is 0.493 e. The highest BCUT2D eigenvalue weighted by Gasteiger charge is 2.22. The smallest absolute Gasteiger partial charge is 0.220 e. The molecule has 0 saturated heterocycles. The van der Waals surface area contributed by atoms with E-state index >= 15 is 0 Å². The maximum atomic E-state index is 12.4. The number of ether oxygens (including phenoxy) is 1. The summed E-state index contributed by atoms with van der Waals surface area (Å²) in [5, 5.41) is 3.12. The maximum absolute atomic E-state index is 12.4. The van der Waals surface area contributed by atoms with E-state index in [1.54, 1.807) is 0 Å². The molecule has 0 aliphatic carbocycles. The normalized spacial score (nSPS) is 15.8. The fraction of sp³-hybridized carbons (Fsp3) is 0.227. The monoisotopic (exact) mass is 347 g/mol. The highest BCUT2D eigenvalue weighted by Crippen LogP contribution is 2.31. The third-order valence-corrected chi connectivity index (χ3v) is 4.61. The first-order chi connectivity index (χ1) is 12.8. The summed E-state index contributed by atoms with van der Waals surface area (Å²) in [6, 6.07) is 21.8. The van der Waals surface area contributed by atoms with Crippen LogP contribution in [0.15, 0.2) is 71.1 Å². The molecule has 1 aromatic heterocycles. The van der Waals surface area contributed by atoms with E-state index in [1.807, 2.05) is 66.7 Å². The SMILES string of the molecule is O=C(CCc1ccc(-c2ccccc2)o1)N[C@H]1CCOc2ccccc21. The van der Waals surface area contributed by atoms with Gasteiger partial charge in [0.15, 0.2) is 0 Å². The first-order valence-electron chi connectivity index (χ1n) is 8.95. The number of fused-ring (bicyclic) bond motifs is 1. The number of benzene rings is 2. The first kappa shape index (κ1) is 16.5. The minimum Gasteiger partial charge on any atom is -0.493 e. The first-order valence-corrected chi connectivity index (χ1v) is 8.95. The lowest BCUT2D eigenvalue weighted by Gasteiger charge is -2.26. The summed E-state index contributed by atoms with van der Waals surface area (Å²) < 4.78 is 11.5. The van der Waals surface area contributed by atoms with Crippen LogP contribution in [-0.2, 0) is 11.2 Å². The average molecular weight is 347 g/mol. The standard InChI is InChI=1S/C22H21NO3/c24-22(23-19-14-15-25-21-9-5-4-8-18(19)21)13-11-17-10-12-20(26-17)16-6-2-1-3-7-16/h1-10,12,19H,11,13-15H2,(H,23,24)/t19-/m0/s1. The van der Waals surface area contributed by atoms with Crippen LogP contribution in [0.2, 0.25) is 0 Å². The van der Waals surface area contributed by atoms with Gasteiger partial charge in [0, 0.05) is 30.4 Å². The van der Waals surface area contributed by atoms with Crippen LogP contribution >= 0.6 is 0 Å². The number of rotatable bonds is 5. The molecule has 4 rings (SSSR count). The summed E-state index contributed by atoms with van der Waals surface area (Å²) in [7, 11) is 0. The van der Waals surface area contributed by atoms with Crippen LogP contribution in [0.3, 0.4) is 0 Å². The van der Waals surface area contributed by atoms with Crippen molar-refractivity contribution in [3.8, 4) is 17.1 Å². The summed E-state index contributed by atoms with van der Waals surface area (Å²) in [5.74, 6) is 2.55. The topological polar surface area (TPSA) is 51.5 Å². The van der Waals surface area contributed by atoms with Crippen molar-refractivity contribution in [1.82, 2.24) is 5.32 Å². The minimum atomic E-state index is 0.0175. The van der Waals surface area contributed by atoms with Crippen LogP contribution in [0.4, 0.5) is 0 Å². The number of aryl methyl sites for hydroxylation is 1. The Morgan fingerprint density at radius 3 is 2.69 bits per heavy atom. The third-order valence-electron chi connectivity index (χ3n) is 4.61. The molecule has 0 radical (unpaired) electrons. The lowest BCUT2D eigenvalue weighted by Crippen LogP contribution is -2.32. The predicted octanol–water partition coefficient (Wildman–Crippen LogP) is 4.52. The second-order valence-electron chi connectivity index (χ2n) is 6.43. The molecule has 4 heteroatoms. The van der Waals surface area contributed by atoms with Gasteiger partial charge in [0.2, 0.25) is 5.91 Å². The van der Waals surface area contributed by atoms with Crippen molar-refractivity contribution in [2.45, 2.75) is 25.3 Å². The van der Waals surface area contributed by atoms with Crippen LogP contribution < -0.4 is 10.1 Å². The van der Waals surface area contributed by atoms with Gasteiger partial charge in [-0.2, -0.15) is 0 Å². The Labute approximate surface area is 152 Å². The van der Waals surface area contributed by atoms with Crippen LogP contribution in [0.1, 0.15) is 30.2 Å². The number of furan rings is 1. The zero-order valence-electron chi connectivity index (χ0n) is 14.5. The fourth-order valence-electron chi connectivity index (χ4n) is 3.27. The number of hydrogen-bond acceptors (Lipinski definition) is 3. The lowest BCUT2D eigenvalue weighted by atomic mass is 10.0. The summed E-state index contributed by atoms with van der Waals surface area (Å²) in [5.41, 5.74) is 2.10. The van der Waals surface area contributed by atoms with Crippen molar-refractivity contribution in [2.24, 2.45) is 0 Å². The summed E-state index contributed by atoms with van der Waals surface area (Å²) in [6.07, 6.45) is 1.78. The number of carbonyl (C=O) groups is 1.